The first-order valence-electron chi connectivity index (χ1n) is 4.98. The minimum absolute atomic E-state index is 0.169. The van der Waals surface area contributed by atoms with Gasteiger partial charge >= 0.3 is 15.5 Å². The number of halogens is 3. The smallest absolute Gasteiger partial charge is 0.352 e. The van der Waals surface area contributed by atoms with Crippen LogP contribution in [0.25, 0.3) is 0 Å². The van der Waals surface area contributed by atoms with Crippen molar-refractivity contribution in [2.24, 2.45) is 0 Å². The summed E-state index contributed by atoms with van der Waals surface area (Å²) in [6, 6.07) is -0.557. The Hall–Kier alpha value is -0.830. The third kappa shape index (κ3) is 3.32. The molecule has 1 aliphatic heterocycles. The summed E-state index contributed by atoms with van der Waals surface area (Å²) in [6.45, 7) is 0.733. The van der Waals surface area contributed by atoms with E-state index in [1.807, 2.05) is 0 Å². The Bertz CT molecular complexity index is 393. The lowest BCUT2D eigenvalue weighted by atomic mass is 10.1. The van der Waals surface area contributed by atoms with E-state index in [2.05, 4.69) is 5.32 Å². The Balaban J connectivity index is 2.77. The SMILES string of the molecule is CC(=O)N[C@@H]1CCCN(S(=O)(=O)C(F)(F)F)C1. The van der Waals surface area contributed by atoms with Crippen LogP contribution >= 0.6 is 0 Å². The lowest BCUT2D eigenvalue weighted by Gasteiger charge is -2.32. The Morgan fingerprint density at radius 2 is 2.00 bits per heavy atom. The average Bonchev–Trinajstić information content (AvgIpc) is 2.15. The maximum absolute atomic E-state index is 12.3. The van der Waals surface area contributed by atoms with Crippen molar-refractivity contribution in [1.82, 2.24) is 9.62 Å². The summed E-state index contributed by atoms with van der Waals surface area (Å²) in [6.07, 6.45) is 0.768. The van der Waals surface area contributed by atoms with Crippen LogP contribution in [0.15, 0.2) is 0 Å². The number of nitrogens with zero attached hydrogens (tertiary/aromatic N) is 1. The molecule has 1 N–H and O–H groups in total. The highest BCUT2D eigenvalue weighted by Gasteiger charge is 2.50. The van der Waals surface area contributed by atoms with Gasteiger partial charge in [-0.3, -0.25) is 4.79 Å². The van der Waals surface area contributed by atoms with Crippen LogP contribution in [0.2, 0.25) is 0 Å². The van der Waals surface area contributed by atoms with Gasteiger partial charge in [-0.25, -0.2) is 8.42 Å². The molecule has 1 heterocycles. The van der Waals surface area contributed by atoms with Gasteiger partial charge in [-0.1, -0.05) is 0 Å². The third-order valence-electron chi connectivity index (χ3n) is 2.42. The number of nitrogens with one attached hydrogen (secondary N) is 1. The highest BCUT2D eigenvalue weighted by Crippen LogP contribution is 2.28. The van der Waals surface area contributed by atoms with Crippen LogP contribution in [-0.2, 0) is 14.8 Å². The van der Waals surface area contributed by atoms with Gasteiger partial charge in [0.2, 0.25) is 5.91 Å². The maximum atomic E-state index is 12.3. The Morgan fingerprint density at radius 3 is 2.47 bits per heavy atom. The van der Waals surface area contributed by atoms with Crippen LogP contribution in [0.5, 0.6) is 0 Å². The molecule has 0 aromatic rings. The Morgan fingerprint density at radius 1 is 1.41 bits per heavy atom. The van der Waals surface area contributed by atoms with Gasteiger partial charge in [-0.2, -0.15) is 17.5 Å². The molecule has 0 unspecified atom stereocenters. The molecule has 1 aliphatic rings. The van der Waals surface area contributed by atoms with Gasteiger partial charge < -0.3 is 5.32 Å². The molecule has 1 saturated heterocycles. The minimum atomic E-state index is -5.29. The van der Waals surface area contributed by atoms with Crippen LogP contribution in [0, 0.1) is 0 Å². The number of amides is 1. The van der Waals surface area contributed by atoms with Crippen molar-refractivity contribution in [2.45, 2.75) is 31.3 Å². The largest absolute Gasteiger partial charge is 0.511 e. The first kappa shape index (κ1) is 14.2. The van der Waals surface area contributed by atoms with Gasteiger partial charge in [0.1, 0.15) is 0 Å². The fourth-order valence-corrected chi connectivity index (χ4v) is 2.75. The van der Waals surface area contributed by atoms with Crippen molar-refractivity contribution in [2.75, 3.05) is 13.1 Å². The summed E-state index contributed by atoms with van der Waals surface area (Å²) < 4.78 is 59.5. The van der Waals surface area contributed by atoms with Crippen molar-refractivity contribution in [3.05, 3.63) is 0 Å². The van der Waals surface area contributed by atoms with E-state index in [0.29, 0.717) is 17.1 Å². The number of rotatable bonds is 2. The molecule has 0 bridgehead atoms. The Labute approximate surface area is 97.0 Å². The molecule has 0 aromatic heterocycles. The third-order valence-corrected chi connectivity index (χ3v) is 4.02. The van der Waals surface area contributed by atoms with E-state index in [1.165, 1.54) is 6.92 Å². The second-order valence-corrected chi connectivity index (χ2v) is 5.78. The van der Waals surface area contributed by atoms with Crippen LogP contribution in [-0.4, -0.2) is 43.3 Å². The predicted molar refractivity (Wildman–Crippen MR) is 53.4 cm³/mol. The van der Waals surface area contributed by atoms with Gasteiger partial charge in [-0.05, 0) is 12.8 Å². The van der Waals surface area contributed by atoms with E-state index in [-0.39, 0.29) is 19.0 Å². The summed E-state index contributed by atoms with van der Waals surface area (Å²) in [7, 11) is -5.29. The van der Waals surface area contributed by atoms with Gasteiger partial charge in [0, 0.05) is 26.1 Å². The zero-order valence-corrected chi connectivity index (χ0v) is 9.94. The normalized spacial score (nSPS) is 23.4. The van der Waals surface area contributed by atoms with E-state index >= 15 is 0 Å². The molecule has 0 spiro atoms. The topological polar surface area (TPSA) is 66.5 Å². The second-order valence-electron chi connectivity index (χ2n) is 3.85. The average molecular weight is 274 g/mol. The monoisotopic (exact) mass is 274 g/mol. The molecule has 1 fully saturated rings. The van der Waals surface area contributed by atoms with Gasteiger partial charge in [0.15, 0.2) is 0 Å². The molecule has 1 atom stereocenters. The number of piperidine rings is 1. The van der Waals surface area contributed by atoms with Crippen molar-refractivity contribution in [1.29, 1.82) is 0 Å². The van der Waals surface area contributed by atoms with E-state index < -0.39 is 21.6 Å². The lowest BCUT2D eigenvalue weighted by molar-refractivity contribution is -0.119. The predicted octanol–water partition coefficient (Wildman–Crippen LogP) is 0.437. The summed E-state index contributed by atoms with van der Waals surface area (Å²) >= 11 is 0. The molecule has 0 saturated carbocycles. The summed E-state index contributed by atoms with van der Waals surface area (Å²) in [5.41, 5.74) is -5.29. The number of hydrogen-bond acceptors (Lipinski definition) is 3. The fourth-order valence-electron chi connectivity index (χ4n) is 1.71. The van der Waals surface area contributed by atoms with E-state index in [1.54, 1.807) is 0 Å². The van der Waals surface area contributed by atoms with Crippen molar-refractivity contribution >= 4 is 15.9 Å². The number of hydrogen-bond donors (Lipinski definition) is 1. The zero-order valence-electron chi connectivity index (χ0n) is 9.12. The molecule has 0 radical (unpaired) electrons. The molecular formula is C8H13F3N2O3S. The van der Waals surface area contributed by atoms with Crippen LogP contribution in [0.1, 0.15) is 19.8 Å². The number of carbonyl (C=O) groups excluding carboxylic acids is 1. The van der Waals surface area contributed by atoms with Gasteiger partial charge in [-0.15, -0.1) is 0 Å². The van der Waals surface area contributed by atoms with E-state index in [9.17, 15) is 26.4 Å². The highest BCUT2D eigenvalue weighted by molar-refractivity contribution is 7.90. The standard InChI is InChI=1S/C8H13F3N2O3S/c1-6(14)12-7-3-2-4-13(5-7)17(15,16)8(9,10)11/h7H,2-5H2,1H3,(H,12,14)/t7-/m1/s1. The fraction of sp³-hybridized carbons (Fsp3) is 0.875. The number of alkyl halides is 3. The van der Waals surface area contributed by atoms with Crippen molar-refractivity contribution < 1.29 is 26.4 Å². The number of carbonyl (C=O) groups is 1. The van der Waals surface area contributed by atoms with Crippen LogP contribution < -0.4 is 5.32 Å². The molecule has 1 rings (SSSR count). The van der Waals surface area contributed by atoms with E-state index in [0.717, 1.165) is 0 Å². The molecular weight excluding hydrogens is 261 g/mol. The Kier molecular flexibility index (Phi) is 4.03. The van der Waals surface area contributed by atoms with E-state index in [4.69, 9.17) is 0 Å². The molecule has 1 amide bonds. The van der Waals surface area contributed by atoms with Crippen molar-refractivity contribution in [3.63, 3.8) is 0 Å². The van der Waals surface area contributed by atoms with Crippen LogP contribution in [0.3, 0.4) is 0 Å². The van der Waals surface area contributed by atoms with Crippen molar-refractivity contribution in [3.8, 4) is 0 Å². The number of sulfonamides is 1. The first-order chi connectivity index (χ1) is 7.64. The first-order valence-corrected chi connectivity index (χ1v) is 6.42. The lowest BCUT2D eigenvalue weighted by Crippen LogP contribution is -2.52. The molecule has 5 nitrogen and oxygen atoms in total. The molecule has 9 heteroatoms. The quantitative estimate of drug-likeness (QED) is 0.794. The minimum Gasteiger partial charge on any atom is -0.352 e. The molecule has 0 aliphatic carbocycles. The summed E-state index contributed by atoms with van der Waals surface area (Å²) in [5.74, 6) is -0.388. The zero-order chi connectivity index (χ0) is 13.3. The molecule has 100 valence electrons. The van der Waals surface area contributed by atoms with Gasteiger partial charge in [0.05, 0.1) is 0 Å². The maximum Gasteiger partial charge on any atom is 0.511 e. The highest BCUT2D eigenvalue weighted by atomic mass is 32.2. The second kappa shape index (κ2) is 4.81. The summed E-state index contributed by atoms with van der Waals surface area (Å²) in [4.78, 5) is 10.8. The molecule has 17 heavy (non-hydrogen) atoms. The van der Waals surface area contributed by atoms with Crippen LogP contribution in [0.4, 0.5) is 13.2 Å². The van der Waals surface area contributed by atoms with Gasteiger partial charge in [0.25, 0.3) is 0 Å². The molecule has 0 aromatic carbocycles. The summed E-state index contributed by atoms with van der Waals surface area (Å²) in [5, 5.41) is 2.42.